The third-order valence-electron chi connectivity index (χ3n) is 4.76. The van der Waals surface area contributed by atoms with Gasteiger partial charge >= 0.3 is 6.36 Å². The Hall–Kier alpha value is -2.25. The van der Waals surface area contributed by atoms with Gasteiger partial charge in [0.25, 0.3) is 0 Å². The molecule has 1 saturated heterocycles. The Labute approximate surface area is 169 Å². The van der Waals surface area contributed by atoms with E-state index in [1.165, 1.54) is 0 Å². The zero-order valence-electron chi connectivity index (χ0n) is 16.6. The maximum absolute atomic E-state index is 13.0. The molecule has 4 nitrogen and oxygen atoms in total. The Bertz CT molecular complexity index is 775. The van der Waals surface area contributed by atoms with Gasteiger partial charge in [0.05, 0.1) is 6.10 Å². The summed E-state index contributed by atoms with van der Waals surface area (Å²) in [5.41, 5.74) is 1.95. The SMILES string of the molecule is CC(C)Oc1ccc(NC(OC(F)(F)F)c2ccccc2)cc1C1CCCNC1. The van der Waals surface area contributed by atoms with Crippen LogP contribution in [0.5, 0.6) is 5.75 Å². The molecule has 2 aromatic carbocycles. The van der Waals surface area contributed by atoms with Crippen molar-refractivity contribution >= 4 is 5.69 Å². The normalized spacial score (nSPS) is 18.5. The standard InChI is InChI=1S/C22H27F3N2O2/c1-15(2)28-20-11-10-18(13-19(20)17-9-6-12-26-14-17)27-21(29-22(23,24)25)16-7-4-3-5-8-16/h3-5,7-8,10-11,13,15,17,21,26-27H,6,9,12,14H2,1-2H3. The number of hydrogen-bond acceptors (Lipinski definition) is 4. The summed E-state index contributed by atoms with van der Waals surface area (Å²) in [5, 5.41) is 6.28. The zero-order valence-corrected chi connectivity index (χ0v) is 16.6. The molecule has 29 heavy (non-hydrogen) atoms. The van der Waals surface area contributed by atoms with Crippen LogP contribution in [0.1, 0.15) is 50.0 Å². The van der Waals surface area contributed by atoms with E-state index in [4.69, 9.17) is 4.74 Å². The molecule has 7 heteroatoms. The minimum atomic E-state index is -4.76. The minimum Gasteiger partial charge on any atom is -0.491 e. The first-order chi connectivity index (χ1) is 13.8. The van der Waals surface area contributed by atoms with Gasteiger partial charge in [-0.3, -0.25) is 4.74 Å². The second kappa shape index (κ2) is 9.50. The topological polar surface area (TPSA) is 42.5 Å². The molecule has 0 spiro atoms. The zero-order chi connectivity index (χ0) is 20.9. The van der Waals surface area contributed by atoms with Crippen molar-refractivity contribution in [2.75, 3.05) is 18.4 Å². The molecule has 1 aliphatic rings. The molecule has 0 aromatic heterocycles. The number of hydrogen-bond donors (Lipinski definition) is 2. The van der Waals surface area contributed by atoms with E-state index in [0.717, 1.165) is 37.2 Å². The second-order valence-electron chi connectivity index (χ2n) is 7.46. The number of ether oxygens (including phenoxy) is 2. The molecule has 2 N–H and O–H groups in total. The molecule has 0 radical (unpaired) electrons. The van der Waals surface area contributed by atoms with Gasteiger partial charge in [0.15, 0.2) is 6.23 Å². The lowest BCUT2D eigenvalue weighted by molar-refractivity contribution is -0.340. The van der Waals surface area contributed by atoms with Crippen molar-refractivity contribution in [2.45, 2.75) is 51.3 Å². The van der Waals surface area contributed by atoms with Crippen LogP contribution < -0.4 is 15.4 Å². The summed E-state index contributed by atoms with van der Waals surface area (Å²) in [6.45, 7) is 5.71. The van der Waals surface area contributed by atoms with Crippen LogP contribution in [0.25, 0.3) is 0 Å². The molecule has 0 saturated carbocycles. The first-order valence-corrected chi connectivity index (χ1v) is 9.89. The molecule has 2 unspecified atom stereocenters. The van der Waals surface area contributed by atoms with E-state index in [2.05, 4.69) is 15.4 Å². The Morgan fingerprint density at radius 2 is 1.86 bits per heavy atom. The summed E-state index contributed by atoms with van der Waals surface area (Å²) in [6.07, 6.45) is -4.04. The summed E-state index contributed by atoms with van der Waals surface area (Å²) in [6, 6.07) is 13.8. The first kappa shape index (κ1) is 21.5. The first-order valence-electron chi connectivity index (χ1n) is 9.89. The second-order valence-corrected chi connectivity index (χ2v) is 7.46. The van der Waals surface area contributed by atoms with Gasteiger partial charge in [-0.2, -0.15) is 0 Å². The number of piperidine rings is 1. The average molecular weight is 408 g/mol. The van der Waals surface area contributed by atoms with E-state index in [-0.39, 0.29) is 12.0 Å². The quantitative estimate of drug-likeness (QED) is 0.587. The number of halogens is 3. The van der Waals surface area contributed by atoms with Crippen LogP contribution in [0.3, 0.4) is 0 Å². The summed E-state index contributed by atoms with van der Waals surface area (Å²) >= 11 is 0. The Morgan fingerprint density at radius 1 is 1.10 bits per heavy atom. The smallest absolute Gasteiger partial charge is 0.491 e. The molecule has 0 bridgehead atoms. The third-order valence-corrected chi connectivity index (χ3v) is 4.76. The van der Waals surface area contributed by atoms with Crippen molar-refractivity contribution in [2.24, 2.45) is 0 Å². The highest BCUT2D eigenvalue weighted by atomic mass is 19.4. The van der Waals surface area contributed by atoms with E-state index in [9.17, 15) is 13.2 Å². The number of benzene rings is 2. The molecule has 1 fully saturated rings. The summed E-state index contributed by atoms with van der Waals surface area (Å²) in [4.78, 5) is 0. The fourth-order valence-electron chi connectivity index (χ4n) is 3.53. The van der Waals surface area contributed by atoms with Crippen LogP contribution in [0.4, 0.5) is 18.9 Å². The van der Waals surface area contributed by atoms with E-state index in [1.54, 1.807) is 36.4 Å². The van der Waals surface area contributed by atoms with Crippen molar-refractivity contribution in [1.29, 1.82) is 0 Å². The molecule has 0 aliphatic carbocycles. The molecule has 3 rings (SSSR count). The van der Waals surface area contributed by atoms with Gasteiger partial charge in [0.2, 0.25) is 0 Å². The fraction of sp³-hybridized carbons (Fsp3) is 0.455. The van der Waals surface area contributed by atoms with Crippen LogP contribution in [-0.2, 0) is 4.74 Å². The van der Waals surface area contributed by atoms with Gasteiger partial charge in [-0.15, -0.1) is 13.2 Å². The lowest BCUT2D eigenvalue weighted by Gasteiger charge is -2.27. The van der Waals surface area contributed by atoms with Crippen molar-refractivity contribution < 1.29 is 22.6 Å². The Kier molecular flexibility index (Phi) is 7.03. The largest absolute Gasteiger partial charge is 0.524 e. The fourth-order valence-corrected chi connectivity index (χ4v) is 3.53. The van der Waals surface area contributed by atoms with Crippen molar-refractivity contribution in [3.63, 3.8) is 0 Å². The Morgan fingerprint density at radius 3 is 2.48 bits per heavy atom. The highest BCUT2D eigenvalue weighted by molar-refractivity contribution is 5.53. The van der Waals surface area contributed by atoms with Crippen LogP contribution >= 0.6 is 0 Å². The predicted molar refractivity (Wildman–Crippen MR) is 107 cm³/mol. The average Bonchev–Trinajstić information content (AvgIpc) is 2.68. The maximum atomic E-state index is 13.0. The van der Waals surface area contributed by atoms with E-state index < -0.39 is 12.6 Å². The molecule has 158 valence electrons. The van der Waals surface area contributed by atoms with Crippen molar-refractivity contribution in [1.82, 2.24) is 5.32 Å². The van der Waals surface area contributed by atoms with Crippen molar-refractivity contribution in [3.05, 3.63) is 59.7 Å². The third kappa shape index (κ3) is 6.37. The molecule has 0 amide bonds. The molecular weight excluding hydrogens is 381 g/mol. The van der Waals surface area contributed by atoms with E-state index >= 15 is 0 Å². The lowest BCUT2D eigenvalue weighted by Crippen LogP contribution is -2.29. The number of anilines is 1. The monoisotopic (exact) mass is 408 g/mol. The van der Waals surface area contributed by atoms with Crippen LogP contribution in [0, 0.1) is 0 Å². The van der Waals surface area contributed by atoms with Gasteiger partial charge in [0.1, 0.15) is 5.75 Å². The number of alkyl halides is 3. The number of rotatable bonds is 7. The van der Waals surface area contributed by atoms with Gasteiger partial charge in [-0.25, -0.2) is 0 Å². The van der Waals surface area contributed by atoms with Gasteiger partial charge < -0.3 is 15.4 Å². The molecule has 2 aromatic rings. The molecular formula is C22H27F3N2O2. The van der Waals surface area contributed by atoms with Crippen molar-refractivity contribution in [3.8, 4) is 5.75 Å². The summed E-state index contributed by atoms with van der Waals surface area (Å²) in [5.74, 6) is 1.02. The molecule has 2 atom stereocenters. The van der Waals surface area contributed by atoms with Crippen LogP contribution in [0.15, 0.2) is 48.5 Å². The van der Waals surface area contributed by atoms with Crippen LogP contribution in [0.2, 0.25) is 0 Å². The lowest BCUT2D eigenvalue weighted by atomic mass is 9.90. The summed E-state index contributed by atoms with van der Waals surface area (Å²) < 4.78 is 49.3. The maximum Gasteiger partial charge on any atom is 0.524 e. The predicted octanol–water partition coefficient (Wildman–Crippen LogP) is 5.59. The van der Waals surface area contributed by atoms with E-state index in [0.29, 0.717) is 11.3 Å². The highest BCUT2D eigenvalue weighted by Gasteiger charge is 2.34. The molecule has 1 aliphatic heterocycles. The minimum absolute atomic E-state index is 0.00902. The van der Waals surface area contributed by atoms with Crippen LogP contribution in [-0.4, -0.2) is 25.6 Å². The van der Waals surface area contributed by atoms with Gasteiger partial charge in [0, 0.05) is 29.3 Å². The van der Waals surface area contributed by atoms with Gasteiger partial charge in [-0.05, 0) is 51.4 Å². The number of nitrogens with one attached hydrogen (secondary N) is 2. The Balaban J connectivity index is 1.89. The highest BCUT2D eigenvalue weighted by Crippen LogP contribution is 2.36. The molecule has 1 heterocycles. The van der Waals surface area contributed by atoms with Gasteiger partial charge in [-0.1, -0.05) is 30.3 Å². The van der Waals surface area contributed by atoms with E-state index in [1.807, 2.05) is 26.0 Å². The summed E-state index contributed by atoms with van der Waals surface area (Å²) in [7, 11) is 0.